The third kappa shape index (κ3) is 3.68. The van der Waals surface area contributed by atoms with Crippen LogP contribution in [0.25, 0.3) is 0 Å². The van der Waals surface area contributed by atoms with Crippen LogP contribution < -0.4 is 0 Å². The van der Waals surface area contributed by atoms with Crippen molar-refractivity contribution in [2.24, 2.45) is 0 Å². The summed E-state index contributed by atoms with van der Waals surface area (Å²) in [7, 11) is 0. The fourth-order valence-electron chi connectivity index (χ4n) is 1.20. The molecular formula is C11H10BrF3O4. The lowest BCUT2D eigenvalue weighted by atomic mass is 10.0. The predicted molar refractivity (Wildman–Crippen MR) is 61.7 cm³/mol. The molecule has 1 atom stereocenters. The molecule has 0 aliphatic heterocycles. The maximum Gasteiger partial charge on any atom is 0.414 e. The van der Waals surface area contributed by atoms with E-state index in [1.165, 1.54) is 13.0 Å². The number of hydrogen-bond acceptors (Lipinski definition) is 4. The first-order valence-corrected chi connectivity index (χ1v) is 5.94. The van der Waals surface area contributed by atoms with E-state index in [9.17, 15) is 23.1 Å². The highest BCUT2D eigenvalue weighted by Crippen LogP contribution is 2.35. The molecule has 1 rings (SSSR count). The van der Waals surface area contributed by atoms with Crippen LogP contribution in [0.5, 0.6) is 0 Å². The van der Waals surface area contributed by atoms with Gasteiger partial charge in [0.2, 0.25) is 0 Å². The quantitative estimate of drug-likeness (QED) is 0.660. The van der Waals surface area contributed by atoms with Crippen molar-refractivity contribution >= 4 is 21.9 Å². The summed E-state index contributed by atoms with van der Waals surface area (Å²) in [4.78, 5) is 18.9. The molecule has 8 heteroatoms. The Hall–Kier alpha value is -1.12. The molecule has 19 heavy (non-hydrogen) atoms. The van der Waals surface area contributed by atoms with Crippen LogP contribution in [0, 0.1) is 5.82 Å². The van der Waals surface area contributed by atoms with Gasteiger partial charge in [-0.3, -0.25) is 4.89 Å². The van der Waals surface area contributed by atoms with E-state index >= 15 is 0 Å². The van der Waals surface area contributed by atoms with Gasteiger partial charge in [0.1, 0.15) is 5.82 Å². The second-order valence-corrected chi connectivity index (χ2v) is 4.38. The first-order valence-electron chi connectivity index (χ1n) is 5.15. The zero-order chi connectivity index (χ0) is 14.6. The second-order valence-electron chi connectivity index (χ2n) is 3.47. The minimum Gasteiger partial charge on any atom is -0.381 e. The van der Waals surface area contributed by atoms with Crippen LogP contribution in [-0.2, 0) is 14.6 Å². The molecule has 1 aromatic rings. The van der Waals surface area contributed by atoms with Crippen LogP contribution in [-0.4, -0.2) is 23.6 Å². The van der Waals surface area contributed by atoms with Crippen LogP contribution in [0.15, 0.2) is 22.7 Å². The smallest absolute Gasteiger partial charge is 0.381 e. The lowest BCUT2D eigenvalue weighted by molar-refractivity contribution is -0.293. The minimum absolute atomic E-state index is 0.136. The average Bonchev–Trinajstić information content (AvgIpc) is 2.37. The number of carbonyl (C=O) groups excluding carboxylic acids is 1. The molecule has 0 radical (unpaired) electrons. The fraction of sp³-hybridized carbons (Fsp3) is 0.364. The van der Waals surface area contributed by atoms with Crippen molar-refractivity contribution in [3.05, 3.63) is 34.1 Å². The van der Waals surface area contributed by atoms with Gasteiger partial charge in [-0.1, -0.05) is 15.9 Å². The van der Waals surface area contributed by atoms with Gasteiger partial charge >= 0.3 is 11.9 Å². The Labute approximate surface area is 115 Å². The molecule has 0 aliphatic carbocycles. The molecule has 0 aliphatic rings. The molecule has 0 fully saturated rings. The number of alkyl halides is 2. The summed E-state index contributed by atoms with van der Waals surface area (Å²) in [6, 6.07) is 3.09. The number of carbonyl (C=O) groups is 1. The first kappa shape index (κ1) is 15.9. The molecule has 1 unspecified atom stereocenters. The van der Waals surface area contributed by atoms with E-state index in [1.807, 2.05) is 0 Å². The first-order chi connectivity index (χ1) is 8.80. The largest absolute Gasteiger partial charge is 0.414 e. The number of aliphatic hydroxyl groups is 1. The summed E-state index contributed by atoms with van der Waals surface area (Å²) >= 11 is 2.95. The third-order valence-electron chi connectivity index (χ3n) is 2.12. The van der Waals surface area contributed by atoms with Gasteiger partial charge in [-0.2, -0.15) is 13.7 Å². The molecule has 1 N–H and O–H groups in total. The van der Waals surface area contributed by atoms with Crippen molar-refractivity contribution in [2.75, 3.05) is 6.61 Å². The van der Waals surface area contributed by atoms with Crippen LogP contribution in [0.3, 0.4) is 0 Å². The van der Waals surface area contributed by atoms with Gasteiger partial charge in [-0.05, 0) is 25.1 Å². The molecule has 0 amide bonds. The molecule has 4 nitrogen and oxygen atoms in total. The topological polar surface area (TPSA) is 55.8 Å². The Bertz CT molecular complexity index is 467. The predicted octanol–water partition coefficient (Wildman–Crippen LogP) is 2.75. The van der Waals surface area contributed by atoms with Crippen molar-refractivity contribution in [3.63, 3.8) is 0 Å². The van der Waals surface area contributed by atoms with Gasteiger partial charge in [-0.25, -0.2) is 9.18 Å². The molecule has 0 spiro atoms. The van der Waals surface area contributed by atoms with Crippen LogP contribution >= 0.6 is 15.9 Å². The molecule has 0 saturated heterocycles. The fourth-order valence-corrected chi connectivity index (χ4v) is 1.58. The van der Waals surface area contributed by atoms with Gasteiger partial charge in [-0.15, -0.1) is 0 Å². The SMILES string of the molecule is CCOOC(=O)C(F)(F)C(O)c1cc(Br)ccc1F. The van der Waals surface area contributed by atoms with Crippen LogP contribution in [0.1, 0.15) is 18.6 Å². The lowest BCUT2D eigenvalue weighted by Gasteiger charge is -2.20. The molecule has 0 bridgehead atoms. The summed E-state index contributed by atoms with van der Waals surface area (Å²) in [5.41, 5.74) is -0.729. The Morgan fingerprint density at radius 1 is 1.53 bits per heavy atom. The van der Waals surface area contributed by atoms with E-state index < -0.39 is 29.4 Å². The molecular weight excluding hydrogens is 333 g/mol. The van der Waals surface area contributed by atoms with Gasteiger partial charge in [0.25, 0.3) is 0 Å². The zero-order valence-corrected chi connectivity index (χ0v) is 11.3. The van der Waals surface area contributed by atoms with Crippen molar-refractivity contribution in [1.82, 2.24) is 0 Å². The normalized spacial score (nSPS) is 13.2. The zero-order valence-electron chi connectivity index (χ0n) is 9.70. The third-order valence-corrected chi connectivity index (χ3v) is 2.61. The highest BCUT2D eigenvalue weighted by Gasteiger charge is 2.51. The van der Waals surface area contributed by atoms with Gasteiger partial charge in [0.05, 0.1) is 6.61 Å². The highest BCUT2D eigenvalue weighted by molar-refractivity contribution is 9.10. The minimum atomic E-state index is -4.34. The number of benzene rings is 1. The average molecular weight is 343 g/mol. The number of hydrogen-bond donors (Lipinski definition) is 1. The Kier molecular flexibility index (Phi) is 5.33. The Balaban J connectivity index is 2.99. The number of rotatable bonds is 5. The summed E-state index contributed by atoms with van der Waals surface area (Å²) in [5.74, 6) is -7.50. The summed E-state index contributed by atoms with van der Waals surface area (Å²) in [5, 5.41) is 9.46. The summed E-state index contributed by atoms with van der Waals surface area (Å²) in [6.45, 7) is 1.28. The second kappa shape index (κ2) is 6.36. The van der Waals surface area contributed by atoms with Crippen LogP contribution in [0.4, 0.5) is 13.2 Å². The standard InChI is InChI=1S/C11H10BrF3O4/c1-2-18-19-10(17)11(14,15)9(16)7-5-6(12)3-4-8(7)13/h3-5,9,16H,2H2,1H3. The molecule has 0 aromatic heterocycles. The molecule has 0 heterocycles. The maximum atomic E-state index is 13.5. The van der Waals surface area contributed by atoms with E-state index in [4.69, 9.17) is 0 Å². The maximum absolute atomic E-state index is 13.5. The lowest BCUT2D eigenvalue weighted by Crippen LogP contribution is -2.37. The van der Waals surface area contributed by atoms with E-state index in [0.717, 1.165) is 12.1 Å². The Morgan fingerprint density at radius 2 is 2.16 bits per heavy atom. The van der Waals surface area contributed by atoms with Gasteiger partial charge in [0.15, 0.2) is 6.10 Å². The molecule has 1 aromatic carbocycles. The van der Waals surface area contributed by atoms with Gasteiger partial charge in [0, 0.05) is 10.0 Å². The monoisotopic (exact) mass is 342 g/mol. The van der Waals surface area contributed by atoms with E-state index in [0.29, 0.717) is 0 Å². The van der Waals surface area contributed by atoms with Crippen molar-refractivity contribution in [3.8, 4) is 0 Å². The van der Waals surface area contributed by atoms with Crippen molar-refractivity contribution in [2.45, 2.75) is 19.0 Å². The van der Waals surface area contributed by atoms with E-state index in [1.54, 1.807) is 0 Å². The van der Waals surface area contributed by atoms with Gasteiger partial charge < -0.3 is 5.11 Å². The number of aliphatic hydroxyl groups excluding tert-OH is 1. The van der Waals surface area contributed by atoms with Crippen LogP contribution in [0.2, 0.25) is 0 Å². The van der Waals surface area contributed by atoms with E-state index in [2.05, 4.69) is 25.7 Å². The Morgan fingerprint density at radius 3 is 2.74 bits per heavy atom. The highest BCUT2D eigenvalue weighted by atomic mass is 79.9. The summed E-state index contributed by atoms with van der Waals surface area (Å²) in [6.07, 6.45) is -2.68. The van der Waals surface area contributed by atoms with E-state index in [-0.39, 0.29) is 11.1 Å². The summed E-state index contributed by atoms with van der Waals surface area (Å²) < 4.78 is 40.7. The van der Waals surface area contributed by atoms with Crippen molar-refractivity contribution in [1.29, 1.82) is 0 Å². The van der Waals surface area contributed by atoms with Crippen molar-refractivity contribution < 1.29 is 32.8 Å². The molecule has 0 saturated carbocycles. The molecule has 106 valence electrons. The number of halogens is 4.